The van der Waals surface area contributed by atoms with Gasteiger partial charge in [-0.2, -0.15) is 10.1 Å². The molecule has 0 unspecified atom stereocenters. The van der Waals surface area contributed by atoms with Crippen molar-refractivity contribution in [1.29, 1.82) is 0 Å². The molecule has 27 heavy (non-hydrogen) atoms. The predicted octanol–water partition coefficient (Wildman–Crippen LogP) is 4.60. The van der Waals surface area contributed by atoms with Gasteiger partial charge in [0.15, 0.2) is 5.82 Å². The van der Waals surface area contributed by atoms with E-state index >= 15 is 0 Å². The maximum absolute atomic E-state index is 4.48. The lowest BCUT2D eigenvalue weighted by Gasteiger charge is -2.32. The Bertz CT molecular complexity index is 857. The Hall–Kier alpha value is -3.15. The molecule has 2 N–H and O–H groups in total. The average molecular weight is 360 g/mol. The van der Waals surface area contributed by atoms with E-state index < -0.39 is 0 Å². The number of aromatic nitrogens is 3. The molecule has 1 fully saturated rings. The van der Waals surface area contributed by atoms with Gasteiger partial charge < -0.3 is 15.5 Å². The lowest BCUT2D eigenvalue weighted by atomic mass is 9.99. The second kappa shape index (κ2) is 8.03. The number of anilines is 5. The molecule has 0 atom stereocenters. The number of benzene rings is 2. The summed E-state index contributed by atoms with van der Waals surface area (Å²) < 4.78 is 0. The molecule has 138 valence electrons. The van der Waals surface area contributed by atoms with Gasteiger partial charge in [-0.3, -0.25) is 0 Å². The van der Waals surface area contributed by atoms with Crippen molar-refractivity contribution in [2.75, 3.05) is 28.6 Å². The van der Waals surface area contributed by atoms with Crippen molar-refractivity contribution in [1.82, 2.24) is 15.2 Å². The van der Waals surface area contributed by atoms with Gasteiger partial charge in [-0.25, -0.2) is 0 Å². The highest BCUT2D eigenvalue weighted by Gasteiger charge is 2.15. The van der Waals surface area contributed by atoms with E-state index in [2.05, 4.69) is 61.9 Å². The highest BCUT2D eigenvalue weighted by molar-refractivity contribution is 5.61. The van der Waals surface area contributed by atoms with Crippen LogP contribution < -0.4 is 15.5 Å². The Morgan fingerprint density at radius 1 is 0.889 bits per heavy atom. The van der Waals surface area contributed by atoms with E-state index in [1.807, 2.05) is 30.3 Å². The molecule has 1 aromatic heterocycles. The van der Waals surface area contributed by atoms with Crippen LogP contribution in [0.2, 0.25) is 0 Å². The summed E-state index contributed by atoms with van der Waals surface area (Å²) in [5.41, 5.74) is 3.18. The second-order valence-electron chi connectivity index (χ2n) is 7.00. The first-order chi connectivity index (χ1) is 13.3. The summed E-state index contributed by atoms with van der Waals surface area (Å²) in [5.74, 6) is 1.96. The molecule has 0 saturated carbocycles. The Kier molecular flexibility index (Phi) is 5.14. The largest absolute Gasteiger partial charge is 0.372 e. The maximum atomic E-state index is 4.48. The van der Waals surface area contributed by atoms with Crippen LogP contribution in [0.15, 0.2) is 60.8 Å². The number of piperidine rings is 1. The number of rotatable bonds is 5. The lowest BCUT2D eigenvalue weighted by molar-refractivity contribution is 0.438. The molecule has 3 aromatic rings. The molecule has 0 bridgehead atoms. The highest BCUT2D eigenvalue weighted by atomic mass is 15.3. The molecule has 4 rings (SSSR count). The zero-order valence-electron chi connectivity index (χ0n) is 15.5. The normalized spacial score (nSPS) is 14.8. The highest BCUT2D eigenvalue weighted by Crippen LogP contribution is 2.25. The average Bonchev–Trinajstić information content (AvgIpc) is 2.70. The topological polar surface area (TPSA) is 66.0 Å². The summed E-state index contributed by atoms with van der Waals surface area (Å²) in [6.45, 7) is 4.60. The number of nitrogens with one attached hydrogen (secondary N) is 2. The number of hydrogen-bond acceptors (Lipinski definition) is 6. The van der Waals surface area contributed by atoms with Gasteiger partial charge in [0.25, 0.3) is 0 Å². The fourth-order valence-electron chi connectivity index (χ4n) is 3.24. The molecule has 0 aliphatic carbocycles. The summed E-state index contributed by atoms with van der Waals surface area (Å²) in [5, 5.41) is 14.6. The van der Waals surface area contributed by atoms with Crippen molar-refractivity contribution >= 4 is 28.8 Å². The van der Waals surface area contributed by atoms with Crippen molar-refractivity contribution in [3.05, 3.63) is 60.8 Å². The van der Waals surface area contributed by atoms with Crippen molar-refractivity contribution < 1.29 is 0 Å². The van der Waals surface area contributed by atoms with E-state index in [4.69, 9.17) is 0 Å². The van der Waals surface area contributed by atoms with E-state index in [0.717, 1.165) is 30.4 Å². The second-order valence-corrected chi connectivity index (χ2v) is 7.00. The summed E-state index contributed by atoms with van der Waals surface area (Å²) in [7, 11) is 0. The van der Waals surface area contributed by atoms with E-state index in [-0.39, 0.29) is 0 Å². The van der Waals surface area contributed by atoms with Gasteiger partial charge in [0, 0.05) is 30.2 Å². The molecule has 6 nitrogen and oxygen atoms in total. The van der Waals surface area contributed by atoms with Crippen LogP contribution >= 0.6 is 0 Å². The summed E-state index contributed by atoms with van der Waals surface area (Å²) in [6.07, 6.45) is 4.14. The minimum Gasteiger partial charge on any atom is -0.372 e. The van der Waals surface area contributed by atoms with Crippen LogP contribution in [0.1, 0.15) is 19.8 Å². The molecule has 2 aromatic carbocycles. The van der Waals surface area contributed by atoms with Crippen LogP contribution in [0.5, 0.6) is 0 Å². The molecular formula is C21H24N6. The first-order valence-electron chi connectivity index (χ1n) is 9.40. The molecule has 0 radical (unpaired) electrons. The molecule has 1 saturated heterocycles. The van der Waals surface area contributed by atoms with Crippen molar-refractivity contribution in [2.45, 2.75) is 19.8 Å². The van der Waals surface area contributed by atoms with Crippen LogP contribution in [0.3, 0.4) is 0 Å². The standard InChI is InChI=1S/C21H24N6/c1-16-11-13-27(14-12-16)19-9-7-18(8-10-19)24-21-25-20(15-22-26-21)23-17-5-3-2-4-6-17/h2-10,15-16H,11-14H2,1H3,(H2,23,24,25,26). The van der Waals surface area contributed by atoms with Crippen LogP contribution in [-0.4, -0.2) is 28.3 Å². The maximum Gasteiger partial charge on any atom is 0.249 e. The Labute approximate surface area is 159 Å². The first-order valence-corrected chi connectivity index (χ1v) is 9.40. The molecule has 2 heterocycles. The third-order valence-electron chi connectivity index (χ3n) is 4.88. The molecule has 1 aliphatic rings. The number of nitrogens with zero attached hydrogens (tertiary/aromatic N) is 4. The third-order valence-corrected chi connectivity index (χ3v) is 4.88. The fourth-order valence-corrected chi connectivity index (χ4v) is 3.24. The van der Waals surface area contributed by atoms with E-state index in [1.54, 1.807) is 6.20 Å². The number of hydrogen-bond donors (Lipinski definition) is 2. The zero-order valence-corrected chi connectivity index (χ0v) is 15.5. The number of para-hydroxylation sites is 1. The summed E-state index contributed by atoms with van der Waals surface area (Å²) in [6, 6.07) is 18.3. The SMILES string of the molecule is CC1CCN(c2ccc(Nc3nncc(Nc4ccccc4)n3)cc2)CC1. The smallest absolute Gasteiger partial charge is 0.249 e. The zero-order chi connectivity index (χ0) is 18.5. The van der Waals surface area contributed by atoms with Crippen LogP contribution in [0.4, 0.5) is 28.8 Å². The van der Waals surface area contributed by atoms with Gasteiger partial charge in [0.05, 0.1) is 6.20 Å². The van der Waals surface area contributed by atoms with Gasteiger partial charge in [-0.05, 0) is 55.2 Å². The third kappa shape index (κ3) is 4.53. The van der Waals surface area contributed by atoms with Gasteiger partial charge in [0.2, 0.25) is 5.95 Å². The van der Waals surface area contributed by atoms with Gasteiger partial charge in [-0.15, -0.1) is 5.10 Å². The molecular weight excluding hydrogens is 336 g/mol. The Morgan fingerprint density at radius 3 is 2.33 bits per heavy atom. The lowest BCUT2D eigenvalue weighted by Crippen LogP contribution is -2.32. The van der Waals surface area contributed by atoms with E-state index in [1.165, 1.54) is 18.5 Å². The van der Waals surface area contributed by atoms with Gasteiger partial charge in [-0.1, -0.05) is 25.1 Å². The Morgan fingerprint density at radius 2 is 1.59 bits per heavy atom. The Balaban J connectivity index is 1.41. The fraction of sp³-hybridized carbons (Fsp3) is 0.286. The molecule has 1 aliphatic heterocycles. The minimum absolute atomic E-state index is 0.468. The monoisotopic (exact) mass is 360 g/mol. The van der Waals surface area contributed by atoms with Crippen LogP contribution in [-0.2, 0) is 0 Å². The van der Waals surface area contributed by atoms with Gasteiger partial charge in [0.1, 0.15) is 0 Å². The van der Waals surface area contributed by atoms with Crippen LogP contribution in [0, 0.1) is 5.92 Å². The summed E-state index contributed by atoms with van der Waals surface area (Å²) in [4.78, 5) is 6.93. The molecule has 0 amide bonds. The van der Waals surface area contributed by atoms with Crippen molar-refractivity contribution in [3.8, 4) is 0 Å². The van der Waals surface area contributed by atoms with E-state index in [0.29, 0.717) is 11.8 Å². The van der Waals surface area contributed by atoms with Gasteiger partial charge >= 0.3 is 0 Å². The molecule has 6 heteroatoms. The minimum atomic E-state index is 0.468. The van der Waals surface area contributed by atoms with Crippen LogP contribution in [0.25, 0.3) is 0 Å². The quantitative estimate of drug-likeness (QED) is 0.693. The predicted molar refractivity (Wildman–Crippen MR) is 110 cm³/mol. The van der Waals surface area contributed by atoms with E-state index in [9.17, 15) is 0 Å². The summed E-state index contributed by atoms with van der Waals surface area (Å²) >= 11 is 0. The first kappa shape index (κ1) is 17.3. The van der Waals surface area contributed by atoms with Crippen molar-refractivity contribution in [3.63, 3.8) is 0 Å². The van der Waals surface area contributed by atoms with Crippen molar-refractivity contribution in [2.24, 2.45) is 5.92 Å². The molecule has 0 spiro atoms.